The Morgan fingerprint density at radius 3 is 2.79 bits per heavy atom. The fraction of sp³-hybridized carbons (Fsp3) is 0.133. The van der Waals surface area contributed by atoms with Gasteiger partial charge in [0.15, 0.2) is 11.6 Å². The molecular weight excluding hydrogens is 332 g/mol. The van der Waals surface area contributed by atoms with Crippen LogP contribution in [-0.4, -0.2) is 33.0 Å². The molecule has 0 saturated carbocycles. The van der Waals surface area contributed by atoms with Crippen molar-refractivity contribution in [3.8, 4) is 0 Å². The van der Waals surface area contributed by atoms with Crippen LogP contribution in [0.5, 0.6) is 0 Å². The minimum absolute atomic E-state index is 0.00196. The lowest BCUT2D eigenvalue weighted by Gasteiger charge is -2.12. The zero-order valence-electron chi connectivity index (χ0n) is 12.9. The molecule has 3 N–H and O–H groups in total. The molecule has 0 bridgehead atoms. The summed E-state index contributed by atoms with van der Waals surface area (Å²) in [5.74, 6) is 0.136. The minimum Gasteiger partial charge on any atom is -0.465 e. The number of ether oxygens (including phenoxy) is 1. The fourth-order valence-corrected chi connectivity index (χ4v) is 2.34. The summed E-state index contributed by atoms with van der Waals surface area (Å²) in [7, 11) is 1.33. The maximum absolute atomic E-state index is 11.7. The summed E-state index contributed by atoms with van der Waals surface area (Å²) in [4.78, 5) is 27.9. The van der Waals surface area contributed by atoms with E-state index >= 15 is 0 Å². The lowest BCUT2D eigenvalue weighted by Crippen LogP contribution is -2.05. The van der Waals surface area contributed by atoms with Gasteiger partial charge in [-0.1, -0.05) is 6.07 Å². The van der Waals surface area contributed by atoms with Crippen LogP contribution in [0.1, 0.15) is 15.9 Å². The highest BCUT2D eigenvalue weighted by molar-refractivity contribution is 6.28. The Hall–Kier alpha value is -3.00. The largest absolute Gasteiger partial charge is 0.465 e. The van der Waals surface area contributed by atoms with Gasteiger partial charge in [-0.25, -0.2) is 19.7 Å². The Morgan fingerprint density at radius 1 is 1.25 bits per heavy atom. The molecule has 9 heteroatoms. The molecule has 0 aliphatic carbocycles. The van der Waals surface area contributed by atoms with Crippen LogP contribution < -0.4 is 11.1 Å². The second kappa shape index (κ2) is 6.25. The van der Waals surface area contributed by atoms with Gasteiger partial charge in [-0.15, -0.1) is 0 Å². The van der Waals surface area contributed by atoms with Gasteiger partial charge in [0.2, 0.25) is 5.28 Å². The van der Waals surface area contributed by atoms with Crippen molar-refractivity contribution in [3.63, 3.8) is 0 Å². The van der Waals surface area contributed by atoms with Gasteiger partial charge >= 0.3 is 5.97 Å². The van der Waals surface area contributed by atoms with Crippen molar-refractivity contribution >= 4 is 45.9 Å². The number of nitrogens with one attached hydrogen (secondary N) is 1. The first-order valence-electron chi connectivity index (χ1n) is 6.89. The Labute approximate surface area is 142 Å². The average Bonchev–Trinajstić information content (AvgIpc) is 2.56. The smallest absolute Gasteiger partial charge is 0.337 e. The molecule has 0 spiro atoms. The number of nitrogens with zero attached hydrogens (tertiary/aromatic N) is 4. The number of nitrogens with two attached hydrogens (primary N) is 1. The zero-order valence-corrected chi connectivity index (χ0v) is 13.6. The van der Waals surface area contributed by atoms with Gasteiger partial charge in [0.05, 0.1) is 12.7 Å². The van der Waals surface area contributed by atoms with Gasteiger partial charge in [0.25, 0.3) is 0 Å². The molecule has 122 valence electrons. The molecule has 1 aromatic carbocycles. The predicted octanol–water partition coefficient (Wildman–Crippen LogP) is 2.49. The normalized spacial score (nSPS) is 10.6. The molecule has 3 rings (SSSR count). The van der Waals surface area contributed by atoms with Crippen molar-refractivity contribution in [2.45, 2.75) is 6.92 Å². The molecule has 3 aromatic rings. The Balaban J connectivity index is 2.09. The van der Waals surface area contributed by atoms with E-state index in [-0.39, 0.29) is 11.1 Å². The first-order valence-corrected chi connectivity index (χ1v) is 7.27. The number of carbonyl (C=O) groups is 1. The van der Waals surface area contributed by atoms with Crippen molar-refractivity contribution < 1.29 is 9.53 Å². The minimum atomic E-state index is -0.430. The highest BCUT2D eigenvalue weighted by atomic mass is 35.5. The number of nitrogen functional groups attached to an aromatic ring is 1. The van der Waals surface area contributed by atoms with Crippen LogP contribution in [0.4, 0.5) is 17.3 Å². The van der Waals surface area contributed by atoms with Crippen LogP contribution in [-0.2, 0) is 4.74 Å². The number of aryl methyl sites for hydroxylation is 1. The molecule has 0 radical (unpaired) electrons. The summed E-state index contributed by atoms with van der Waals surface area (Å²) in [5.41, 5.74) is 8.58. The van der Waals surface area contributed by atoms with Crippen LogP contribution in [0, 0.1) is 6.92 Å². The monoisotopic (exact) mass is 344 g/mol. The molecule has 24 heavy (non-hydrogen) atoms. The van der Waals surface area contributed by atoms with E-state index in [9.17, 15) is 4.79 Å². The van der Waals surface area contributed by atoms with Crippen molar-refractivity contribution in [1.29, 1.82) is 0 Å². The summed E-state index contributed by atoms with van der Waals surface area (Å²) in [6, 6.07) is 5.15. The van der Waals surface area contributed by atoms with Gasteiger partial charge in [0.1, 0.15) is 17.4 Å². The fourth-order valence-electron chi connectivity index (χ4n) is 2.16. The van der Waals surface area contributed by atoms with Crippen LogP contribution >= 0.6 is 11.6 Å². The van der Waals surface area contributed by atoms with Gasteiger partial charge in [-0.2, -0.15) is 4.98 Å². The lowest BCUT2D eigenvalue weighted by molar-refractivity contribution is 0.0601. The lowest BCUT2D eigenvalue weighted by atomic mass is 10.1. The number of benzene rings is 1. The third-order valence-corrected chi connectivity index (χ3v) is 3.56. The predicted molar refractivity (Wildman–Crippen MR) is 90.4 cm³/mol. The number of carbonyl (C=O) groups excluding carboxylic acids is 1. The van der Waals surface area contributed by atoms with E-state index in [1.165, 1.54) is 13.4 Å². The number of methoxy groups -OCH3 is 1. The molecule has 0 fully saturated rings. The number of anilines is 3. The molecule has 0 aliphatic heterocycles. The molecule has 0 saturated heterocycles. The van der Waals surface area contributed by atoms with E-state index in [2.05, 4.69) is 25.3 Å². The van der Waals surface area contributed by atoms with E-state index in [1.54, 1.807) is 18.2 Å². The first-order chi connectivity index (χ1) is 11.5. The third-order valence-electron chi connectivity index (χ3n) is 3.39. The number of hydrogen-bond acceptors (Lipinski definition) is 8. The average molecular weight is 345 g/mol. The second-order valence-corrected chi connectivity index (χ2v) is 5.28. The number of halogens is 1. The summed E-state index contributed by atoms with van der Waals surface area (Å²) < 4.78 is 4.74. The standard InChI is InChI=1S/C15H13ClN6O2/c1-7-3-4-8(14(23)24-2)5-9(7)20-13-11-10(18-6-19-13)12(17)22-15(16)21-11/h3-6H,1-2H3,(H2,17,21,22)(H,18,19,20). The van der Waals surface area contributed by atoms with Crippen LogP contribution in [0.2, 0.25) is 5.28 Å². The summed E-state index contributed by atoms with van der Waals surface area (Å²) in [6.07, 6.45) is 1.35. The highest BCUT2D eigenvalue weighted by Gasteiger charge is 2.13. The number of aromatic nitrogens is 4. The topological polar surface area (TPSA) is 116 Å². The molecule has 0 atom stereocenters. The van der Waals surface area contributed by atoms with Crippen LogP contribution in [0.15, 0.2) is 24.5 Å². The molecular formula is C15H13ClN6O2. The second-order valence-electron chi connectivity index (χ2n) is 4.94. The van der Waals surface area contributed by atoms with Crippen molar-refractivity contribution in [2.75, 3.05) is 18.2 Å². The number of hydrogen-bond donors (Lipinski definition) is 2. The third kappa shape index (κ3) is 2.91. The molecule has 0 amide bonds. The van der Waals surface area contributed by atoms with Gasteiger partial charge in [-0.3, -0.25) is 0 Å². The van der Waals surface area contributed by atoms with Crippen molar-refractivity contribution in [1.82, 2.24) is 19.9 Å². The summed E-state index contributed by atoms with van der Waals surface area (Å²) in [6.45, 7) is 1.89. The molecule has 0 unspecified atom stereocenters. The SMILES string of the molecule is COC(=O)c1ccc(C)c(Nc2ncnc3c(N)nc(Cl)nc23)c1. The highest BCUT2D eigenvalue weighted by Crippen LogP contribution is 2.27. The molecule has 0 aliphatic rings. The van der Waals surface area contributed by atoms with E-state index < -0.39 is 5.97 Å². The van der Waals surface area contributed by atoms with E-state index in [1.807, 2.05) is 6.92 Å². The number of fused-ring (bicyclic) bond motifs is 1. The van der Waals surface area contributed by atoms with Crippen LogP contribution in [0.25, 0.3) is 11.0 Å². The Bertz CT molecular complexity index is 947. The quantitative estimate of drug-likeness (QED) is 0.550. The zero-order chi connectivity index (χ0) is 17.3. The van der Waals surface area contributed by atoms with Gasteiger partial charge < -0.3 is 15.8 Å². The van der Waals surface area contributed by atoms with Gasteiger partial charge in [-0.05, 0) is 36.2 Å². The molecule has 2 heterocycles. The van der Waals surface area contributed by atoms with Crippen molar-refractivity contribution in [2.24, 2.45) is 0 Å². The molecule has 8 nitrogen and oxygen atoms in total. The number of esters is 1. The van der Waals surface area contributed by atoms with Crippen molar-refractivity contribution in [3.05, 3.63) is 40.9 Å². The number of rotatable bonds is 3. The Morgan fingerprint density at radius 2 is 2.04 bits per heavy atom. The first kappa shape index (κ1) is 15.9. The van der Waals surface area contributed by atoms with E-state index in [0.717, 1.165) is 5.56 Å². The summed E-state index contributed by atoms with van der Waals surface area (Å²) >= 11 is 5.87. The van der Waals surface area contributed by atoms with E-state index in [0.29, 0.717) is 28.1 Å². The Kier molecular flexibility index (Phi) is 4.13. The van der Waals surface area contributed by atoms with Gasteiger partial charge in [0, 0.05) is 5.69 Å². The van der Waals surface area contributed by atoms with Crippen LogP contribution in [0.3, 0.4) is 0 Å². The van der Waals surface area contributed by atoms with E-state index in [4.69, 9.17) is 22.1 Å². The molecule has 2 aromatic heterocycles. The maximum atomic E-state index is 11.7. The summed E-state index contributed by atoms with van der Waals surface area (Å²) in [5, 5.41) is 3.12. The maximum Gasteiger partial charge on any atom is 0.337 e.